The van der Waals surface area contributed by atoms with Gasteiger partial charge in [-0.3, -0.25) is 9.59 Å². The normalized spacial score (nSPS) is 17.7. The average Bonchev–Trinajstić information content (AvgIpc) is 3.44. The second-order valence-corrected chi connectivity index (χ2v) is 11.4. The third-order valence-electron chi connectivity index (χ3n) is 7.69. The van der Waals surface area contributed by atoms with E-state index in [9.17, 15) is 23.5 Å². The molecule has 3 aromatic rings. The topological polar surface area (TPSA) is 95.5 Å². The Morgan fingerprint density at radius 3 is 2.30 bits per heavy atom. The second-order valence-electron chi connectivity index (χ2n) is 11.4. The Labute approximate surface area is 252 Å². The first-order valence-corrected chi connectivity index (χ1v) is 15.1. The fourth-order valence-corrected chi connectivity index (χ4v) is 5.75. The Bertz CT molecular complexity index is 1360. The number of aryl methyl sites for hydroxylation is 1. The fourth-order valence-electron chi connectivity index (χ4n) is 5.75. The van der Waals surface area contributed by atoms with Gasteiger partial charge in [0.25, 0.3) is 11.8 Å². The van der Waals surface area contributed by atoms with E-state index in [1.54, 1.807) is 23.1 Å². The van der Waals surface area contributed by atoms with E-state index >= 15 is 0 Å². The van der Waals surface area contributed by atoms with Crippen LogP contribution in [-0.4, -0.2) is 65.7 Å². The molecular weight excluding hydrogens is 552 g/mol. The number of nitrogens with zero attached hydrogens (tertiary/aromatic N) is 1. The van der Waals surface area contributed by atoms with E-state index in [-0.39, 0.29) is 30.0 Å². The molecule has 0 spiro atoms. The number of nitrogens with two attached hydrogens (primary N) is 1. The average molecular weight is 595 g/mol. The van der Waals surface area contributed by atoms with Crippen molar-refractivity contribution in [2.45, 2.75) is 70.7 Å². The SMILES string of the molecule is CCCN(CCC)C(=O)c1cc(C)cc(C(=O)N[C@@H](Cc2cc(F)cc(F)c2)[C@H](O)[C@H]2C[C@@H](Oc3ccccc3)C[NH2+]2)c1. The number of amides is 2. The monoisotopic (exact) mass is 594 g/mol. The Kier molecular flexibility index (Phi) is 11.3. The van der Waals surface area contributed by atoms with Gasteiger partial charge in [-0.1, -0.05) is 32.0 Å². The maximum Gasteiger partial charge on any atom is 0.253 e. The van der Waals surface area contributed by atoms with Gasteiger partial charge in [-0.25, -0.2) is 8.78 Å². The third kappa shape index (κ3) is 8.84. The van der Waals surface area contributed by atoms with Crippen LogP contribution in [0.1, 0.15) is 65.0 Å². The number of hydrogen-bond acceptors (Lipinski definition) is 4. The molecule has 1 heterocycles. The van der Waals surface area contributed by atoms with Crippen molar-refractivity contribution in [1.82, 2.24) is 10.2 Å². The second kappa shape index (κ2) is 15.1. The number of hydrogen-bond donors (Lipinski definition) is 3. The smallest absolute Gasteiger partial charge is 0.253 e. The number of ether oxygens (including phenoxy) is 1. The van der Waals surface area contributed by atoms with Crippen LogP contribution in [0.5, 0.6) is 5.75 Å². The largest absolute Gasteiger partial charge is 0.484 e. The summed E-state index contributed by atoms with van der Waals surface area (Å²) in [4.78, 5) is 28.7. The molecule has 230 valence electrons. The molecule has 3 aromatic carbocycles. The molecule has 43 heavy (non-hydrogen) atoms. The van der Waals surface area contributed by atoms with Gasteiger partial charge in [0.15, 0.2) is 6.10 Å². The summed E-state index contributed by atoms with van der Waals surface area (Å²) in [5.74, 6) is -1.35. The van der Waals surface area contributed by atoms with Gasteiger partial charge in [0, 0.05) is 36.7 Å². The summed E-state index contributed by atoms with van der Waals surface area (Å²) in [5.41, 5.74) is 1.76. The first kappa shape index (κ1) is 32.1. The van der Waals surface area contributed by atoms with Crippen LogP contribution in [0.4, 0.5) is 8.78 Å². The summed E-state index contributed by atoms with van der Waals surface area (Å²) < 4.78 is 34.2. The molecule has 0 radical (unpaired) electrons. The van der Waals surface area contributed by atoms with Crippen LogP contribution in [0.15, 0.2) is 66.7 Å². The lowest BCUT2D eigenvalue weighted by atomic mass is 9.94. The van der Waals surface area contributed by atoms with Gasteiger partial charge in [0.1, 0.15) is 36.1 Å². The van der Waals surface area contributed by atoms with E-state index in [4.69, 9.17) is 4.74 Å². The van der Waals surface area contributed by atoms with Gasteiger partial charge in [-0.05, 0) is 79.8 Å². The summed E-state index contributed by atoms with van der Waals surface area (Å²) in [7, 11) is 0. The summed E-state index contributed by atoms with van der Waals surface area (Å²) >= 11 is 0. The van der Waals surface area contributed by atoms with Gasteiger partial charge in [0.05, 0.1) is 6.04 Å². The molecule has 0 bridgehead atoms. The predicted molar refractivity (Wildman–Crippen MR) is 161 cm³/mol. The number of carbonyl (C=O) groups is 2. The Morgan fingerprint density at radius 1 is 1.00 bits per heavy atom. The van der Waals surface area contributed by atoms with Crippen LogP contribution in [0.2, 0.25) is 0 Å². The number of nitrogens with one attached hydrogen (secondary N) is 1. The molecule has 1 saturated heterocycles. The van der Waals surface area contributed by atoms with Gasteiger partial charge in [0.2, 0.25) is 0 Å². The van der Waals surface area contributed by atoms with Crippen molar-refractivity contribution in [3.8, 4) is 5.75 Å². The van der Waals surface area contributed by atoms with Crippen molar-refractivity contribution >= 4 is 11.8 Å². The predicted octanol–water partition coefficient (Wildman–Crippen LogP) is 4.02. The van der Waals surface area contributed by atoms with Crippen LogP contribution >= 0.6 is 0 Å². The lowest BCUT2D eigenvalue weighted by molar-refractivity contribution is -0.679. The Hall–Kier alpha value is -3.82. The summed E-state index contributed by atoms with van der Waals surface area (Å²) in [6, 6.07) is 16.5. The Balaban J connectivity index is 1.55. The van der Waals surface area contributed by atoms with Gasteiger partial charge in [-0.2, -0.15) is 0 Å². The third-order valence-corrected chi connectivity index (χ3v) is 7.69. The van der Waals surface area contributed by atoms with Crippen LogP contribution in [0.3, 0.4) is 0 Å². The van der Waals surface area contributed by atoms with Crippen LogP contribution in [0, 0.1) is 18.6 Å². The summed E-state index contributed by atoms with van der Waals surface area (Å²) in [5, 5.41) is 16.4. The van der Waals surface area contributed by atoms with Gasteiger partial charge in [-0.15, -0.1) is 0 Å². The molecule has 0 saturated carbocycles. The van der Waals surface area contributed by atoms with E-state index in [1.165, 1.54) is 12.1 Å². The number of aliphatic hydroxyl groups is 1. The summed E-state index contributed by atoms with van der Waals surface area (Å²) in [6.45, 7) is 7.69. The number of para-hydroxylation sites is 1. The summed E-state index contributed by atoms with van der Waals surface area (Å²) in [6.07, 6.45) is 0.975. The first-order chi connectivity index (χ1) is 20.7. The highest BCUT2D eigenvalue weighted by molar-refractivity contribution is 6.00. The van der Waals surface area contributed by atoms with E-state index < -0.39 is 29.7 Å². The minimum atomic E-state index is -1.05. The van der Waals surface area contributed by atoms with Crippen molar-refractivity contribution in [3.63, 3.8) is 0 Å². The molecule has 4 atom stereocenters. The molecule has 9 heteroatoms. The molecule has 1 aliphatic heterocycles. The number of quaternary nitrogens is 1. The maximum absolute atomic E-state index is 14.1. The fraction of sp³-hybridized carbons (Fsp3) is 0.412. The maximum atomic E-state index is 14.1. The number of carbonyl (C=O) groups excluding carboxylic acids is 2. The van der Waals surface area contributed by atoms with Gasteiger partial charge >= 0.3 is 0 Å². The van der Waals surface area contributed by atoms with Crippen molar-refractivity contribution < 1.29 is 33.5 Å². The van der Waals surface area contributed by atoms with Crippen molar-refractivity contribution in [2.24, 2.45) is 0 Å². The zero-order valence-electron chi connectivity index (χ0n) is 25.1. The molecule has 4 N–H and O–H groups in total. The molecule has 7 nitrogen and oxygen atoms in total. The van der Waals surface area contributed by atoms with E-state index in [0.29, 0.717) is 37.2 Å². The quantitative estimate of drug-likeness (QED) is 0.279. The lowest BCUT2D eigenvalue weighted by Gasteiger charge is -2.27. The van der Waals surface area contributed by atoms with E-state index in [0.717, 1.165) is 30.2 Å². The van der Waals surface area contributed by atoms with Crippen molar-refractivity contribution in [1.29, 1.82) is 0 Å². The van der Waals surface area contributed by atoms with Gasteiger partial charge < -0.3 is 25.4 Å². The minimum Gasteiger partial charge on any atom is -0.484 e. The number of benzene rings is 3. The minimum absolute atomic E-state index is 0.00845. The van der Waals surface area contributed by atoms with E-state index in [1.807, 2.05) is 56.4 Å². The highest BCUT2D eigenvalue weighted by Gasteiger charge is 2.39. The number of halogens is 2. The molecule has 2 amide bonds. The number of aliphatic hydroxyl groups excluding tert-OH is 1. The zero-order chi connectivity index (χ0) is 30.9. The zero-order valence-corrected chi connectivity index (χ0v) is 25.1. The molecular formula is C34H42F2N3O4+. The Morgan fingerprint density at radius 2 is 1.65 bits per heavy atom. The molecule has 1 fully saturated rings. The molecule has 1 aliphatic rings. The van der Waals surface area contributed by atoms with Crippen molar-refractivity contribution in [2.75, 3.05) is 19.6 Å². The highest BCUT2D eigenvalue weighted by Crippen LogP contribution is 2.20. The molecule has 0 aliphatic carbocycles. The molecule has 0 aromatic heterocycles. The standard InChI is InChI=1S/C34H41F2N3O4/c1-4-11-39(12-5-2)34(42)25-14-22(3)13-24(18-25)33(41)38-31(17-23-15-26(35)19-27(36)16-23)32(40)30-20-29(21-37-30)43-28-9-7-6-8-10-28/h6-10,13-16,18-19,29-32,37,40H,4-5,11-12,17,20-21H2,1-3H3,(H,38,41)/p+1/t29-,30-,31+,32-/m1/s1. The lowest BCUT2D eigenvalue weighted by Crippen LogP contribution is -2.90. The van der Waals surface area contributed by atoms with Crippen LogP contribution < -0.4 is 15.4 Å². The van der Waals surface area contributed by atoms with Crippen LogP contribution in [-0.2, 0) is 6.42 Å². The van der Waals surface area contributed by atoms with Crippen molar-refractivity contribution in [3.05, 3.63) is 101 Å². The number of rotatable bonds is 13. The first-order valence-electron chi connectivity index (χ1n) is 15.1. The molecule has 4 rings (SSSR count). The molecule has 0 unspecified atom stereocenters. The highest BCUT2D eigenvalue weighted by atomic mass is 19.1. The van der Waals surface area contributed by atoms with E-state index in [2.05, 4.69) is 5.32 Å². The van der Waals surface area contributed by atoms with Crippen LogP contribution in [0.25, 0.3) is 0 Å².